The first kappa shape index (κ1) is 12.1. The van der Waals surface area contributed by atoms with Crippen LogP contribution >= 0.6 is 0 Å². The number of hydrogen-bond donors (Lipinski definition) is 0. The van der Waals surface area contributed by atoms with Crippen molar-refractivity contribution in [3.63, 3.8) is 0 Å². The second-order valence-corrected chi connectivity index (χ2v) is 4.09. The van der Waals surface area contributed by atoms with Crippen LogP contribution in [0.5, 0.6) is 0 Å². The molecule has 17 heavy (non-hydrogen) atoms. The number of likely N-dealkylation sites (N-methyl/N-ethyl adjacent to an activating group) is 1. The summed E-state index contributed by atoms with van der Waals surface area (Å²) in [6.45, 7) is 5.19. The van der Waals surface area contributed by atoms with Crippen molar-refractivity contribution in [1.82, 2.24) is 25.1 Å². The van der Waals surface area contributed by atoms with Crippen LogP contribution in [0.25, 0.3) is 0 Å². The summed E-state index contributed by atoms with van der Waals surface area (Å²) in [4.78, 5) is 15.5. The van der Waals surface area contributed by atoms with Gasteiger partial charge in [-0.3, -0.25) is 9.69 Å². The fourth-order valence-corrected chi connectivity index (χ4v) is 1.85. The molecule has 1 atom stereocenters. The highest BCUT2D eigenvalue weighted by atomic mass is 16.5. The van der Waals surface area contributed by atoms with Gasteiger partial charge in [-0.2, -0.15) is 4.80 Å². The van der Waals surface area contributed by atoms with E-state index in [-0.39, 0.29) is 18.3 Å². The third-order valence-corrected chi connectivity index (χ3v) is 2.84. The number of hydrogen-bond acceptors (Lipinski definition) is 6. The Morgan fingerprint density at radius 2 is 2.41 bits per heavy atom. The number of carbonyl (C=O) groups is 1. The van der Waals surface area contributed by atoms with Gasteiger partial charge in [-0.05, 0) is 11.8 Å². The molecule has 1 aliphatic heterocycles. The van der Waals surface area contributed by atoms with E-state index < -0.39 is 0 Å². The van der Waals surface area contributed by atoms with Gasteiger partial charge in [-0.1, -0.05) is 6.92 Å². The minimum Gasteiger partial charge on any atom is -0.368 e. The third-order valence-electron chi connectivity index (χ3n) is 2.84. The fourth-order valence-electron chi connectivity index (χ4n) is 1.85. The molecule has 0 aromatic carbocycles. The summed E-state index contributed by atoms with van der Waals surface area (Å²) >= 11 is 0. The predicted molar refractivity (Wildman–Crippen MR) is 59.4 cm³/mol. The Morgan fingerprint density at radius 1 is 1.59 bits per heavy atom. The van der Waals surface area contributed by atoms with E-state index in [9.17, 15) is 4.79 Å². The molecule has 94 valence electrons. The smallest absolute Gasteiger partial charge is 0.182 e. The van der Waals surface area contributed by atoms with Gasteiger partial charge in [0.1, 0.15) is 6.10 Å². The number of tetrazole rings is 1. The molecule has 0 radical (unpaired) electrons. The summed E-state index contributed by atoms with van der Waals surface area (Å²) < 4.78 is 5.48. The number of aryl methyl sites for hydroxylation is 1. The number of ether oxygens (including phenoxy) is 1. The number of ketones is 1. The van der Waals surface area contributed by atoms with Crippen LogP contribution < -0.4 is 0 Å². The molecule has 1 aromatic rings. The van der Waals surface area contributed by atoms with Gasteiger partial charge in [0.2, 0.25) is 0 Å². The van der Waals surface area contributed by atoms with Crippen molar-refractivity contribution in [2.75, 3.05) is 26.2 Å². The summed E-state index contributed by atoms with van der Waals surface area (Å²) in [7, 11) is 1.68. The summed E-state index contributed by atoms with van der Waals surface area (Å²) in [6, 6.07) is 0. The number of aromatic nitrogens is 4. The van der Waals surface area contributed by atoms with Crippen LogP contribution in [-0.2, 0) is 23.0 Å². The predicted octanol–water partition coefficient (Wildman–Crippen LogP) is -0.958. The molecule has 0 bridgehead atoms. The molecule has 0 N–H and O–H groups in total. The Morgan fingerprint density at radius 3 is 3.06 bits per heavy atom. The standard InChI is InChI=1S/C10H17N5O2/c1-3-15-4-5-17-9(7-15)8(16)6-10-11-13-14(2)12-10/h9H,3-7H2,1-2H3. The quantitative estimate of drug-likeness (QED) is 0.674. The van der Waals surface area contributed by atoms with Crippen LogP contribution in [-0.4, -0.2) is 63.2 Å². The van der Waals surface area contributed by atoms with Crippen molar-refractivity contribution in [3.05, 3.63) is 5.82 Å². The highest BCUT2D eigenvalue weighted by molar-refractivity contribution is 5.84. The average molecular weight is 239 g/mol. The monoisotopic (exact) mass is 239 g/mol. The molecule has 0 aliphatic carbocycles. The van der Waals surface area contributed by atoms with E-state index in [1.165, 1.54) is 4.80 Å². The number of nitrogens with zero attached hydrogens (tertiary/aromatic N) is 5. The molecule has 1 aliphatic rings. The van der Waals surface area contributed by atoms with Crippen molar-refractivity contribution < 1.29 is 9.53 Å². The molecule has 7 heteroatoms. The lowest BCUT2D eigenvalue weighted by Gasteiger charge is -2.30. The zero-order chi connectivity index (χ0) is 12.3. The molecule has 0 amide bonds. The van der Waals surface area contributed by atoms with Gasteiger partial charge < -0.3 is 4.74 Å². The maximum absolute atomic E-state index is 12.0. The van der Waals surface area contributed by atoms with Gasteiger partial charge in [0.15, 0.2) is 11.6 Å². The fraction of sp³-hybridized carbons (Fsp3) is 0.800. The van der Waals surface area contributed by atoms with Crippen LogP contribution in [0.15, 0.2) is 0 Å². The first-order valence-electron chi connectivity index (χ1n) is 5.78. The van der Waals surface area contributed by atoms with Crippen LogP contribution in [0.3, 0.4) is 0 Å². The zero-order valence-electron chi connectivity index (χ0n) is 10.2. The number of morpholine rings is 1. The van der Waals surface area contributed by atoms with Crippen molar-refractivity contribution >= 4 is 5.78 Å². The normalized spacial score (nSPS) is 21.6. The van der Waals surface area contributed by atoms with Crippen LogP contribution in [0.2, 0.25) is 0 Å². The third kappa shape index (κ3) is 3.07. The first-order chi connectivity index (χ1) is 8.19. The highest BCUT2D eigenvalue weighted by Gasteiger charge is 2.26. The molecule has 7 nitrogen and oxygen atoms in total. The van der Waals surface area contributed by atoms with Crippen LogP contribution in [0, 0.1) is 0 Å². The number of rotatable bonds is 4. The number of carbonyl (C=O) groups excluding carboxylic acids is 1. The lowest BCUT2D eigenvalue weighted by atomic mass is 10.1. The molecule has 2 rings (SSSR count). The van der Waals surface area contributed by atoms with Crippen LogP contribution in [0.4, 0.5) is 0 Å². The van der Waals surface area contributed by atoms with Gasteiger partial charge >= 0.3 is 0 Å². The Balaban J connectivity index is 1.91. The number of Topliss-reactive ketones (excluding diaryl/α,β-unsaturated/α-hetero) is 1. The van der Waals surface area contributed by atoms with Gasteiger partial charge in [-0.25, -0.2) is 0 Å². The second-order valence-electron chi connectivity index (χ2n) is 4.09. The maximum atomic E-state index is 12.0. The topological polar surface area (TPSA) is 73.1 Å². The minimum atomic E-state index is -0.354. The van der Waals surface area contributed by atoms with Crippen molar-refractivity contribution in [2.24, 2.45) is 7.05 Å². The van der Waals surface area contributed by atoms with E-state index in [1.54, 1.807) is 7.05 Å². The molecule has 0 saturated carbocycles. The van der Waals surface area contributed by atoms with Crippen molar-refractivity contribution in [1.29, 1.82) is 0 Å². The van der Waals surface area contributed by atoms with Gasteiger partial charge in [-0.15, -0.1) is 10.2 Å². The Kier molecular flexibility index (Phi) is 3.80. The van der Waals surface area contributed by atoms with Crippen LogP contribution in [0.1, 0.15) is 12.7 Å². The molecular weight excluding hydrogens is 222 g/mol. The summed E-state index contributed by atoms with van der Waals surface area (Å²) in [6.07, 6.45) is -0.164. The van der Waals surface area contributed by atoms with E-state index in [0.29, 0.717) is 19.0 Å². The summed E-state index contributed by atoms with van der Waals surface area (Å²) in [5.74, 6) is 0.478. The van der Waals surface area contributed by atoms with E-state index >= 15 is 0 Å². The lowest BCUT2D eigenvalue weighted by Crippen LogP contribution is -2.46. The molecule has 1 aromatic heterocycles. The van der Waals surface area contributed by atoms with E-state index in [1.807, 2.05) is 0 Å². The van der Waals surface area contributed by atoms with E-state index in [4.69, 9.17) is 4.74 Å². The largest absolute Gasteiger partial charge is 0.368 e. The average Bonchev–Trinajstić information content (AvgIpc) is 2.75. The highest BCUT2D eigenvalue weighted by Crippen LogP contribution is 2.07. The lowest BCUT2D eigenvalue weighted by molar-refractivity contribution is -0.135. The Labute approximate surface area is 99.7 Å². The SMILES string of the molecule is CCN1CCOC(C(=O)Cc2nnn(C)n2)C1. The molecule has 1 saturated heterocycles. The minimum absolute atomic E-state index is 0.0242. The summed E-state index contributed by atoms with van der Waals surface area (Å²) in [5.41, 5.74) is 0. The molecule has 2 heterocycles. The second kappa shape index (κ2) is 5.33. The van der Waals surface area contributed by atoms with Crippen molar-refractivity contribution in [3.8, 4) is 0 Å². The molecular formula is C10H17N5O2. The first-order valence-corrected chi connectivity index (χ1v) is 5.78. The summed E-state index contributed by atoms with van der Waals surface area (Å²) in [5, 5.41) is 11.5. The maximum Gasteiger partial charge on any atom is 0.182 e. The van der Waals surface area contributed by atoms with Gasteiger partial charge in [0.25, 0.3) is 0 Å². The molecule has 0 spiro atoms. The molecule has 1 unspecified atom stereocenters. The zero-order valence-corrected chi connectivity index (χ0v) is 10.2. The van der Waals surface area contributed by atoms with E-state index in [0.717, 1.165) is 13.1 Å². The Hall–Kier alpha value is -1.34. The van der Waals surface area contributed by atoms with Gasteiger partial charge in [0.05, 0.1) is 20.1 Å². The molecule has 1 fully saturated rings. The van der Waals surface area contributed by atoms with E-state index in [2.05, 4.69) is 27.2 Å². The van der Waals surface area contributed by atoms with Gasteiger partial charge in [0, 0.05) is 13.1 Å². The Bertz CT molecular complexity index is 392. The van der Waals surface area contributed by atoms with Crippen molar-refractivity contribution in [2.45, 2.75) is 19.4 Å².